The van der Waals surface area contributed by atoms with Gasteiger partial charge < -0.3 is 24.1 Å². The van der Waals surface area contributed by atoms with Crippen LogP contribution in [-0.2, 0) is 14.2 Å². The Morgan fingerprint density at radius 3 is 2.42 bits per heavy atom. The summed E-state index contributed by atoms with van der Waals surface area (Å²) in [6, 6.07) is 7.72. The first-order chi connectivity index (χ1) is 17.2. The number of carbonyl (C=O) groups excluding carboxylic acids is 1. The largest absolute Gasteiger partial charge is 0.444 e. The van der Waals surface area contributed by atoms with E-state index in [1.54, 1.807) is 23.2 Å². The van der Waals surface area contributed by atoms with E-state index in [1.807, 2.05) is 32.9 Å². The molecule has 1 N–H and O–H groups in total. The van der Waals surface area contributed by atoms with Gasteiger partial charge in [0.25, 0.3) is 0 Å². The zero-order valence-corrected chi connectivity index (χ0v) is 20.8. The van der Waals surface area contributed by atoms with Crippen molar-refractivity contribution >= 4 is 22.7 Å². The Morgan fingerprint density at radius 1 is 1.08 bits per heavy atom. The molecule has 3 aromatic rings. The molecule has 9 heteroatoms. The molecule has 1 amide bonds. The fourth-order valence-corrected chi connectivity index (χ4v) is 3.99. The molecule has 2 aliphatic rings. The Labute approximate surface area is 209 Å². The van der Waals surface area contributed by atoms with Crippen molar-refractivity contribution in [2.45, 2.75) is 32.8 Å². The van der Waals surface area contributed by atoms with Gasteiger partial charge >= 0.3 is 6.09 Å². The first-order valence-corrected chi connectivity index (χ1v) is 12.0. The van der Waals surface area contributed by atoms with E-state index < -0.39 is 17.2 Å². The smallest absolute Gasteiger partial charge is 0.410 e. The summed E-state index contributed by atoms with van der Waals surface area (Å²) in [4.78, 5) is 21.5. The minimum atomic E-state index is -0.884. The van der Waals surface area contributed by atoms with Crippen molar-refractivity contribution in [2.24, 2.45) is 0 Å². The molecule has 0 unspecified atom stereocenters. The Morgan fingerprint density at radius 2 is 1.81 bits per heavy atom. The van der Waals surface area contributed by atoms with Crippen molar-refractivity contribution < 1.29 is 27.8 Å². The molecule has 1 saturated heterocycles. The molecule has 1 aromatic carbocycles. The maximum atomic E-state index is 14.3. The standard InChI is InChI=1S/C23H23F2N3O2.C4H8O2/c1-23(2,3)30-22(29)28-11-8-14(9-12-28)19-13-17-15(7-10-26-21(17)27-19)16-5-4-6-18(24)20(16)25;1-2-6-4-3-5-1/h4-8,10,13H,9,11-12H2,1-3H3,(H,26,27);1-4H2. The van der Waals surface area contributed by atoms with Crippen LogP contribution in [0.25, 0.3) is 27.7 Å². The molecule has 0 bridgehead atoms. The molecule has 0 saturated carbocycles. The van der Waals surface area contributed by atoms with Crippen LogP contribution in [0.15, 0.2) is 42.6 Å². The molecule has 2 aliphatic heterocycles. The second kappa shape index (κ2) is 11.2. The van der Waals surface area contributed by atoms with Gasteiger partial charge in [0.15, 0.2) is 11.6 Å². The van der Waals surface area contributed by atoms with Gasteiger partial charge in [-0.3, -0.25) is 0 Å². The molecule has 4 heterocycles. The fraction of sp³-hybridized carbons (Fsp3) is 0.407. The van der Waals surface area contributed by atoms with Gasteiger partial charge in [-0.2, -0.15) is 0 Å². The summed E-state index contributed by atoms with van der Waals surface area (Å²) in [6.07, 6.45) is 3.86. The van der Waals surface area contributed by atoms with E-state index in [4.69, 9.17) is 14.2 Å². The maximum absolute atomic E-state index is 14.3. The summed E-state index contributed by atoms with van der Waals surface area (Å²) in [5.41, 5.74) is 2.73. The first kappa shape index (κ1) is 25.8. The van der Waals surface area contributed by atoms with Gasteiger partial charge in [0.05, 0.1) is 26.4 Å². The molecule has 7 nitrogen and oxygen atoms in total. The molecule has 2 aromatic heterocycles. The van der Waals surface area contributed by atoms with Crippen molar-refractivity contribution in [3.63, 3.8) is 0 Å². The molecule has 5 rings (SSSR count). The molecule has 0 spiro atoms. The quantitative estimate of drug-likeness (QED) is 0.499. The third-order valence-electron chi connectivity index (χ3n) is 5.72. The number of benzene rings is 1. The number of aromatic amines is 1. The fourth-order valence-electron chi connectivity index (χ4n) is 3.99. The second-order valence-corrected chi connectivity index (χ2v) is 9.54. The highest BCUT2D eigenvalue weighted by Gasteiger charge is 2.24. The monoisotopic (exact) mass is 499 g/mol. The van der Waals surface area contributed by atoms with Gasteiger partial charge in [0.2, 0.25) is 0 Å². The highest BCUT2D eigenvalue weighted by Crippen LogP contribution is 2.33. The van der Waals surface area contributed by atoms with Gasteiger partial charge in [-0.25, -0.2) is 18.6 Å². The van der Waals surface area contributed by atoms with E-state index in [1.165, 1.54) is 6.07 Å². The molecule has 192 valence electrons. The SMILES string of the molecule is C1COCCO1.CC(C)(C)OC(=O)N1CC=C(c2cc3c(-c4cccc(F)c4F)ccnc3[nH]2)CC1. The van der Waals surface area contributed by atoms with Gasteiger partial charge in [-0.05, 0) is 56.5 Å². The number of nitrogens with one attached hydrogen (secondary N) is 1. The number of rotatable bonds is 2. The normalized spacial score (nSPS) is 16.2. The Balaban J connectivity index is 0.000000445. The summed E-state index contributed by atoms with van der Waals surface area (Å²) in [5, 5.41) is 0.715. The van der Waals surface area contributed by atoms with Crippen LogP contribution in [-0.4, -0.2) is 66.1 Å². The van der Waals surface area contributed by atoms with Crippen molar-refractivity contribution in [1.82, 2.24) is 14.9 Å². The molecule has 36 heavy (non-hydrogen) atoms. The summed E-state index contributed by atoms with van der Waals surface area (Å²) in [6.45, 7) is 9.61. The van der Waals surface area contributed by atoms with Crippen LogP contribution in [0.2, 0.25) is 0 Å². The number of pyridine rings is 1. The van der Waals surface area contributed by atoms with Gasteiger partial charge in [0, 0.05) is 35.9 Å². The number of halogens is 2. The predicted octanol–water partition coefficient (Wildman–Crippen LogP) is 5.57. The maximum Gasteiger partial charge on any atom is 0.410 e. The minimum absolute atomic E-state index is 0.196. The van der Waals surface area contributed by atoms with Crippen molar-refractivity contribution in [2.75, 3.05) is 39.5 Å². The van der Waals surface area contributed by atoms with E-state index in [-0.39, 0.29) is 11.7 Å². The number of H-pyrrole nitrogens is 1. The molecule has 0 aliphatic carbocycles. The van der Waals surface area contributed by atoms with Crippen LogP contribution in [0.5, 0.6) is 0 Å². The number of carbonyl (C=O) groups is 1. The lowest BCUT2D eigenvalue weighted by Crippen LogP contribution is -2.39. The minimum Gasteiger partial charge on any atom is -0.444 e. The van der Waals surface area contributed by atoms with Gasteiger partial charge in [-0.15, -0.1) is 0 Å². The van der Waals surface area contributed by atoms with E-state index in [2.05, 4.69) is 9.97 Å². The molecular formula is C27H31F2N3O4. The molecular weight excluding hydrogens is 468 g/mol. The van der Waals surface area contributed by atoms with E-state index in [0.717, 1.165) is 43.8 Å². The zero-order valence-electron chi connectivity index (χ0n) is 20.8. The Bertz CT molecular complexity index is 1230. The third kappa shape index (κ3) is 6.27. The van der Waals surface area contributed by atoms with Crippen LogP contribution in [0, 0.1) is 11.6 Å². The number of hydrogen-bond donors (Lipinski definition) is 1. The van der Waals surface area contributed by atoms with Crippen LogP contribution in [0.1, 0.15) is 32.9 Å². The van der Waals surface area contributed by atoms with E-state index in [0.29, 0.717) is 36.1 Å². The Kier molecular flexibility index (Phi) is 8.01. The summed E-state index contributed by atoms with van der Waals surface area (Å²) < 4.78 is 43.4. The zero-order chi connectivity index (χ0) is 25.7. The van der Waals surface area contributed by atoms with Gasteiger partial charge in [0.1, 0.15) is 11.2 Å². The number of fused-ring (bicyclic) bond motifs is 1. The molecule has 0 atom stereocenters. The van der Waals surface area contributed by atoms with Crippen LogP contribution < -0.4 is 0 Å². The van der Waals surface area contributed by atoms with Crippen molar-refractivity contribution in [3.8, 4) is 11.1 Å². The Hall–Kier alpha value is -3.30. The average Bonchev–Trinajstić information content (AvgIpc) is 3.31. The average molecular weight is 500 g/mol. The van der Waals surface area contributed by atoms with Crippen molar-refractivity contribution in [3.05, 3.63) is 59.9 Å². The summed E-state index contributed by atoms with van der Waals surface area (Å²) in [7, 11) is 0. The molecule has 0 radical (unpaired) electrons. The number of hydrogen-bond acceptors (Lipinski definition) is 5. The van der Waals surface area contributed by atoms with Crippen LogP contribution in [0.4, 0.5) is 13.6 Å². The summed E-state index contributed by atoms with van der Waals surface area (Å²) >= 11 is 0. The topological polar surface area (TPSA) is 76.7 Å². The molecule has 1 fully saturated rings. The van der Waals surface area contributed by atoms with E-state index in [9.17, 15) is 13.6 Å². The lowest BCUT2D eigenvalue weighted by Gasteiger charge is -2.29. The highest BCUT2D eigenvalue weighted by atomic mass is 19.2. The third-order valence-corrected chi connectivity index (χ3v) is 5.72. The second-order valence-electron chi connectivity index (χ2n) is 9.54. The number of aromatic nitrogens is 2. The number of nitrogens with zero attached hydrogens (tertiary/aromatic N) is 2. The van der Waals surface area contributed by atoms with Crippen LogP contribution >= 0.6 is 0 Å². The lowest BCUT2D eigenvalue weighted by molar-refractivity contribution is -0.0334. The first-order valence-electron chi connectivity index (χ1n) is 12.0. The predicted molar refractivity (Wildman–Crippen MR) is 133 cm³/mol. The summed E-state index contributed by atoms with van der Waals surface area (Å²) in [5.74, 6) is -1.76. The number of amides is 1. The van der Waals surface area contributed by atoms with E-state index >= 15 is 0 Å². The van der Waals surface area contributed by atoms with Crippen molar-refractivity contribution in [1.29, 1.82) is 0 Å². The van der Waals surface area contributed by atoms with Gasteiger partial charge in [-0.1, -0.05) is 18.2 Å². The lowest BCUT2D eigenvalue weighted by atomic mass is 10.0. The number of ether oxygens (including phenoxy) is 3. The highest BCUT2D eigenvalue weighted by molar-refractivity contribution is 5.95. The van der Waals surface area contributed by atoms with Crippen LogP contribution in [0.3, 0.4) is 0 Å².